The monoisotopic (exact) mass is 271 g/mol. The third-order valence-corrected chi connectivity index (χ3v) is 3.38. The standard InChI is InChI=1S/C15H13NO2S/c1-19-14-5-3-13(4-6-14)18-15-7-2-11(10-17)8-12(15)9-16/h2-8,17H,10H2,1H3. The Bertz CT molecular complexity index is 603. The number of rotatable bonds is 4. The molecule has 96 valence electrons. The van der Waals surface area contributed by atoms with Gasteiger partial charge in [0.25, 0.3) is 0 Å². The van der Waals surface area contributed by atoms with Crippen LogP contribution in [0.25, 0.3) is 0 Å². The van der Waals surface area contributed by atoms with E-state index in [1.165, 1.54) is 0 Å². The Morgan fingerprint density at radius 1 is 1.21 bits per heavy atom. The van der Waals surface area contributed by atoms with Crippen molar-refractivity contribution in [1.82, 2.24) is 0 Å². The number of hydrogen-bond donors (Lipinski definition) is 1. The Balaban J connectivity index is 2.25. The Kier molecular flexibility index (Phi) is 4.45. The molecule has 0 saturated carbocycles. The molecule has 0 saturated heterocycles. The molecular weight excluding hydrogens is 258 g/mol. The summed E-state index contributed by atoms with van der Waals surface area (Å²) in [5.74, 6) is 1.18. The fourth-order valence-electron chi connectivity index (χ4n) is 1.62. The Hall–Kier alpha value is -1.96. The minimum atomic E-state index is -0.0859. The van der Waals surface area contributed by atoms with Crippen LogP contribution in [0.5, 0.6) is 11.5 Å². The van der Waals surface area contributed by atoms with E-state index < -0.39 is 0 Å². The molecular formula is C15H13NO2S. The van der Waals surface area contributed by atoms with Gasteiger partial charge < -0.3 is 9.84 Å². The molecule has 0 aliphatic heterocycles. The normalized spacial score (nSPS) is 9.95. The predicted molar refractivity (Wildman–Crippen MR) is 75.4 cm³/mol. The fraction of sp³-hybridized carbons (Fsp3) is 0.133. The third-order valence-electron chi connectivity index (χ3n) is 2.63. The van der Waals surface area contributed by atoms with Crippen molar-refractivity contribution in [2.75, 3.05) is 6.26 Å². The van der Waals surface area contributed by atoms with Crippen LogP contribution in [0, 0.1) is 11.3 Å². The van der Waals surface area contributed by atoms with Gasteiger partial charge in [-0.2, -0.15) is 5.26 Å². The highest BCUT2D eigenvalue weighted by atomic mass is 32.2. The summed E-state index contributed by atoms with van der Waals surface area (Å²) in [6, 6.07) is 14.8. The maximum Gasteiger partial charge on any atom is 0.145 e. The lowest BCUT2D eigenvalue weighted by atomic mass is 10.1. The van der Waals surface area contributed by atoms with Gasteiger partial charge in [-0.15, -0.1) is 11.8 Å². The molecule has 0 radical (unpaired) electrons. The molecule has 0 bridgehead atoms. The van der Waals surface area contributed by atoms with Crippen molar-refractivity contribution in [2.45, 2.75) is 11.5 Å². The van der Waals surface area contributed by atoms with Crippen molar-refractivity contribution >= 4 is 11.8 Å². The van der Waals surface area contributed by atoms with Gasteiger partial charge in [0.1, 0.15) is 17.6 Å². The average molecular weight is 271 g/mol. The average Bonchev–Trinajstić information content (AvgIpc) is 2.48. The zero-order valence-electron chi connectivity index (χ0n) is 10.5. The molecule has 19 heavy (non-hydrogen) atoms. The van der Waals surface area contributed by atoms with Crippen LogP contribution in [0.3, 0.4) is 0 Å². The Morgan fingerprint density at radius 3 is 2.53 bits per heavy atom. The lowest BCUT2D eigenvalue weighted by Gasteiger charge is -2.08. The Labute approximate surface area is 116 Å². The molecule has 2 aromatic carbocycles. The molecule has 0 amide bonds. The number of nitriles is 1. The van der Waals surface area contributed by atoms with Crippen LogP contribution >= 0.6 is 11.8 Å². The molecule has 0 atom stereocenters. The molecule has 3 nitrogen and oxygen atoms in total. The smallest absolute Gasteiger partial charge is 0.145 e. The lowest BCUT2D eigenvalue weighted by Crippen LogP contribution is -1.91. The van der Waals surface area contributed by atoms with Gasteiger partial charge in [0, 0.05) is 4.90 Å². The molecule has 0 aliphatic rings. The van der Waals surface area contributed by atoms with E-state index in [4.69, 9.17) is 15.1 Å². The number of hydrogen-bond acceptors (Lipinski definition) is 4. The van der Waals surface area contributed by atoms with Crippen molar-refractivity contribution in [3.8, 4) is 17.6 Å². The molecule has 2 aromatic rings. The first-order valence-corrected chi connectivity index (χ1v) is 6.95. The summed E-state index contributed by atoms with van der Waals surface area (Å²) in [7, 11) is 0. The predicted octanol–water partition coefficient (Wildman–Crippen LogP) is 3.56. The maximum absolute atomic E-state index is 9.08. The Morgan fingerprint density at radius 2 is 1.95 bits per heavy atom. The minimum Gasteiger partial charge on any atom is -0.456 e. The number of aliphatic hydroxyl groups excluding tert-OH is 1. The van der Waals surface area contributed by atoms with E-state index in [9.17, 15) is 0 Å². The van der Waals surface area contributed by atoms with Gasteiger partial charge in [-0.1, -0.05) is 6.07 Å². The van der Waals surface area contributed by atoms with Crippen LogP contribution in [0.1, 0.15) is 11.1 Å². The van der Waals surface area contributed by atoms with Gasteiger partial charge in [0.15, 0.2) is 0 Å². The largest absolute Gasteiger partial charge is 0.456 e. The first-order valence-electron chi connectivity index (χ1n) is 5.72. The van der Waals surface area contributed by atoms with E-state index in [-0.39, 0.29) is 6.61 Å². The highest BCUT2D eigenvalue weighted by Crippen LogP contribution is 2.27. The van der Waals surface area contributed by atoms with E-state index in [1.807, 2.05) is 30.5 Å². The van der Waals surface area contributed by atoms with Gasteiger partial charge in [0.2, 0.25) is 0 Å². The summed E-state index contributed by atoms with van der Waals surface area (Å²) in [6.45, 7) is -0.0859. The molecule has 0 aromatic heterocycles. The molecule has 0 unspecified atom stereocenters. The third kappa shape index (κ3) is 3.28. The summed E-state index contributed by atoms with van der Waals surface area (Å²) >= 11 is 1.66. The fourth-order valence-corrected chi connectivity index (χ4v) is 2.03. The molecule has 0 fully saturated rings. The van der Waals surface area contributed by atoms with Crippen LogP contribution in [-0.4, -0.2) is 11.4 Å². The highest BCUT2D eigenvalue weighted by Gasteiger charge is 2.06. The second kappa shape index (κ2) is 6.28. The summed E-state index contributed by atoms with van der Waals surface area (Å²) in [4.78, 5) is 1.16. The molecule has 0 heterocycles. The van der Waals surface area contributed by atoms with Gasteiger partial charge in [-0.05, 0) is 48.2 Å². The lowest BCUT2D eigenvalue weighted by molar-refractivity contribution is 0.281. The van der Waals surface area contributed by atoms with E-state index in [0.717, 1.165) is 4.90 Å². The van der Waals surface area contributed by atoms with Crippen molar-refractivity contribution in [1.29, 1.82) is 5.26 Å². The van der Waals surface area contributed by atoms with Gasteiger partial charge in [-0.25, -0.2) is 0 Å². The molecule has 0 spiro atoms. The second-order valence-corrected chi connectivity index (χ2v) is 4.76. The first-order chi connectivity index (χ1) is 9.26. The summed E-state index contributed by atoms with van der Waals surface area (Å²) in [5.41, 5.74) is 1.11. The molecule has 1 N–H and O–H groups in total. The SMILES string of the molecule is CSc1ccc(Oc2ccc(CO)cc2C#N)cc1. The molecule has 0 aliphatic carbocycles. The summed E-state index contributed by atoms with van der Waals surface area (Å²) in [6.07, 6.45) is 2.01. The minimum absolute atomic E-state index is 0.0859. The van der Waals surface area contributed by atoms with E-state index >= 15 is 0 Å². The van der Waals surface area contributed by atoms with Crippen molar-refractivity contribution < 1.29 is 9.84 Å². The van der Waals surface area contributed by atoms with Crippen LogP contribution in [0.15, 0.2) is 47.4 Å². The number of aliphatic hydroxyl groups is 1. The quantitative estimate of drug-likeness (QED) is 0.864. The summed E-state index contributed by atoms with van der Waals surface area (Å²) < 4.78 is 5.69. The number of benzene rings is 2. The van der Waals surface area contributed by atoms with Crippen LogP contribution in [-0.2, 0) is 6.61 Å². The van der Waals surface area contributed by atoms with Crippen LogP contribution in [0.2, 0.25) is 0 Å². The van der Waals surface area contributed by atoms with Gasteiger partial charge >= 0.3 is 0 Å². The van der Waals surface area contributed by atoms with Crippen molar-refractivity contribution in [2.24, 2.45) is 0 Å². The highest BCUT2D eigenvalue weighted by molar-refractivity contribution is 7.98. The molecule has 2 rings (SSSR count). The van der Waals surface area contributed by atoms with Crippen molar-refractivity contribution in [3.63, 3.8) is 0 Å². The maximum atomic E-state index is 9.08. The number of nitrogens with zero attached hydrogens (tertiary/aromatic N) is 1. The van der Waals surface area contributed by atoms with Gasteiger partial charge in [0.05, 0.1) is 12.2 Å². The number of thioether (sulfide) groups is 1. The van der Waals surface area contributed by atoms with Gasteiger partial charge in [-0.3, -0.25) is 0 Å². The first kappa shape index (κ1) is 13.5. The van der Waals surface area contributed by atoms with Crippen LogP contribution < -0.4 is 4.74 Å². The topological polar surface area (TPSA) is 53.2 Å². The molecule has 4 heteroatoms. The number of ether oxygens (including phenoxy) is 1. The summed E-state index contributed by atoms with van der Waals surface area (Å²) in [5, 5.41) is 18.1. The van der Waals surface area contributed by atoms with Crippen LogP contribution in [0.4, 0.5) is 0 Å². The van der Waals surface area contributed by atoms with E-state index in [2.05, 4.69) is 6.07 Å². The second-order valence-electron chi connectivity index (χ2n) is 3.88. The zero-order chi connectivity index (χ0) is 13.7. The van der Waals surface area contributed by atoms with E-state index in [1.54, 1.807) is 30.0 Å². The van der Waals surface area contributed by atoms with E-state index in [0.29, 0.717) is 22.6 Å². The zero-order valence-corrected chi connectivity index (χ0v) is 11.3. The van der Waals surface area contributed by atoms with Crippen molar-refractivity contribution in [3.05, 3.63) is 53.6 Å².